The largest absolute Gasteiger partial charge is 0.468 e. The highest BCUT2D eigenvalue weighted by molar-refractivity contribution is 7.91. The molecule has 1 amide bonds. The van der Waals surface area contributed by atoms with Gasteiger partial charge in [-0.15, -0.1) is 0 Å². The summed E-state index contributed by atoms with van der Waals surface area (Å²) in [5.41, 5.74) is -0.167. The molecule has 140 valence electrons. The molecular formula is C19H15ClFNO4S. The zero-order valence-corrected chi connectivity index (χ0v) is 15.5. The van der Waals surface area contributed by atoms with Crippen molar-refractivity contribution < 1.29 is 22.0 Å². The van der Waals surface area contributed by atoms with Crippen LogP contribution in [0.4, 0.5) is 4.39 Å². The monoisotopic (exact) mass is 407 g/mol. The van der Waals surface area contributed by atoms with Crippen LogP contribution in [0.5, 0.6) is 0 Å². The van der Waals surface area contributed by atoms with Crippen molar-refractivity contribution in [2.24, 2.45) is 0 Å². The van der Waals surface area contributed by atoms with E-state index in [1.165, 1.54) is 54.8 Å². The second-order valence-corrected chi connectivity index (χ2v) is 8.26. The molecule has 1 atom stereocenters. The van der Waals surface area contributed by atoms with Crippen LogP contribution >= 0.6 is 11.6 Å². The number of benzene rings is 2. The molecule has 5 nitrogen and oxygen atoms in total. The van der Waals surface area contributed by atoms with Crippen LogP contribution in [0.1, 0.15) is 21.4 Å². The van der Waals surface area contributed by atoms with Gasteiger partial charge in [0.1, 0.15) is 16.8 Å². The number of furan rings is 1. The maximum absolute atomic E-state index is 13.8. The van der Waals surface area contributed by atoms with Crippen LogP contribution in [0.3, 0.4) is 0 Å². The van der Waals surface area contributed by atoms with E-state index in [1.807, 2.05) is 0 Å². The summed E-state index contributed by atoms with van der Waals surface area (Å²) < 4.78 is 45.1. The van der Waals surface area contributed by atoms with Gasteiger partial charge in [0.15, 0.2) is 9.84 Å². The number of amides is 1. The average Bonchev–Trinajstić information content (AvgIpc) is 3.16. The standard InChI is InChI=1S/C19H15ClFNO4S/c20-13-7-9-14(10-8-13)27(24,25)18(17-6-3-11-26-17)12-22-19(23)15-4-1-2-5-16(15)21/h1-11,18H,12H2,(H,22,23)/t18-/m1/s1. The highest BCUT2D eigenvalue weighted by Crippen LogP contribution is 2.29. The highest BCUT2D eigenvalue weighted by atomic mass is 35.5. The van der Waals surface area contributed by atoms with Crippen molar-refractivity contribution in [2.75, 3.05) is 6.54 Å². The fourth-order valence-electron chi connectivity index (χ4n) is 2.55. The van der Waals surface area contributed by atoms with Crippen LogP contribution in [0, 0.1) is 5.82 Å². The lowest BCUT2D eigenvalue weighted by atomic mass is 10.2. The molecule has 0 saturated heterocycles. The van der Waals surface area contributed by atoms with Gasteiger partial charge in [-0.05, 0) is 48.5 Å². The van der Waals surface area contributed by atoms with Crippen molar-refractivity contribution >= 4 is 27.3 Å². The number of hydrogen-bond donors (Lipinski definition) is 1. The second kappa shape index (κ2) is 7.94. The number of carbonyl (C=O) groups is 1. The van der Waals surface area contributed by atoms with Crippen LogP contribution in [0.2, 0.25) is 5.02 Å². The molecular weight excluding hydrogens is 393 g/mol. The van der Waals surface area contributed by atoms with E-state index in [1.54, 1.807) is 6.07 Å². The molecule has 0 aliphatic carbocycles. The number of hydrogen-bond acceptors (Lipinski definition) is 4. The molecule has 0 fully saturated rings. The number of rotatable bonds is 6. The molecule has 0 bridgehead atoms. The molecule has 1 N–H and O–H groups in total. The third-order valence-electron chi connectivity index (χ3n) is 3.94. The van der Waals surface area contributed by atoms with Crippen molar-refractivity contribution in [3.63, 3.8) is 0 Å². The van der Waals surface area contributed by atoms with Crippen molar-refractivity contribution in [3.8, 4) is 0 Å². The van der Waals surface area contributed by atoms with Gasteiger partial charge in [0.05, 0.1) is 16.7 Å². The van der Waals surface area contributed by atoms with Crippen LogP contribution in [-0.2, 0) is 9.84 Å². The zero-order chi connectivity index (χ0) is 19.4. The Morgan fingerprint density at radius 1 is 1.07 bits per heavy atom. The van der Waals surface area contributed by atoms with Crippen LogP contribution < -0.4 is 5.32 Å². The molecule has 0 spiro atoms. The van der Waals surface area contributed by atoms with E-state index >= 15 is 0 Å². The first-order valence-electron chi connectivity index (χ1n) is 7.95. The van der Waals surface area contributed by atoms with Crippen molar-refractivity contribution in [2.45, 2.75) is 10.1 Å². The van der Waals surface area contributed by atoms with Gasteiger partial charge in [-0.2, -0.15) is 0 Å². The summed E-state index contributed by atoms with van der Waals surface area (Å²) >= 11 is 5.82. The minimum Gasteiger partial charge on any atom is -0.468 e. The van der Waals surface area contributed by atoms with Gasteiger partial charge in [-0.25, -0.2) is 12.8 Å². The van der Waals surface area contributed by atoms with E-state index in [-0.39, 0.29) is 22.8 Å². The topological polar surface area (TPSA) is 76.4 Å². The molecule has 0 unspecified atom stereocenters. The minimum atomic E-state index is -3.89. The Hall–Kier alpha value is -2.64. The molecule has 3 rings (SSSR count). The first kappa shape index (κ1) is 19.1. The molecule has 1 heterocycles. The van der Waals surface area contributed by atoms with Gasteiger partial charge in [-0.3, -0.25) is 4.79 Å². The molecule has 1 aromatic heterocycles. The lowest BCUT2D eigenvalue weighted by Crippen LogP contribution is -2.32. The maximum atomic E-state index is 13.8. The van der Waals surface area contributed by atoms with Crippen LogP contribution in [0.15, 0.2) is 76.2 Å². The quantitative estimate of drug-likeness (QED) is 0.669. The summed E-state index contributed by atoms with van der Waals surface area (Å²) in [5.74, 6) is -1.24. The number of halogens is 2. The first-order chi connectivity index (χ1) is 12.9. The molecule has 3 aromatic rings. The Kier molecular flexibility index (Phi) is 5.62. The molecule has 0 saturated carbocycles. The lowest BCUT2D eigenvalue weighted by Gasteiger charge is -2.17. The van der Waals surface area contributed by atoms with E-state index in [0.29, 0.717) is 5.02 Å². The molecule has 27 heavy (non-hydrogen) atoms. The maximum Gasteiger partial charge on any atom is 0.254 e. The predicted molar refractivity (Wildman–Crippen MR) is 98.8 cm³/mol. The van der Waals surface area contributed by atoms with Crippen molar-refractivity contribution in [3.05, 3.63) is 89.1 Å². The summed E-state index contributed by atoms with van der Waals surface area (Å²) in [6.45, 7) is -0.286. The van der Waals surface area contributed by atoms with Gasteiger partial charge >= 0.3 is 0 Å². The van der Waals surface area contributed by atoms with E-state index < -0.39 is 26.8 Å². The Bertz CT molecular complexity index is 1030. The summed E-state index contributed by atoms with van der Waals surface area (Å²) in [6.07, 6.45) is 1.35. The number of nitrogens with one attached hydrogen (secondary N) is 1. The molecule has 2 aromatic carbocycles. The van der Waals surface area contributed by atoms with Gasteiger partial charge in [-0.1, -0.05) is 23.7 Å². The third-order valence-corrected chi connectivity index (χ3v) is 6.27. The van der Waals surface area contributed by atoms with Gasteiger partial charge in [0.25, 0.3) is 5.91 Å². The Morgan fingerprint density at radius 3 is 2.41 bits per heavy atom. The van der Waals surface area contributed by atoms with Crippen molar-refractivity contribution in [1.82, 2.24) is 5.32 Å². The Morgan fingerprint density at radius 2 is 1.78 bits per heavy atom. The fraction of sp³-hybridized carbons (Fsp3) is 0.105. The molecule has 0 aliphatic heterocycles. The summed E-state index contributed by atoms with van der Waals surface area (Å²) in [4.78, 5) is 12.3. The summed E-state index contributed by atoms with van der Waals surface area (Å²) in [6, 6.07) is 14.2. The number of carbonyl (C=O) groups excluding carboxylic acids is 1. The lowest BCUT2D eigenvalue weighted by molar-refractivity contribution is 0.0949. The van der Waals surface area contributed by atoms with Crippen LogP contribution in [-0.4, -0.2) is 20.9 Å². The van der Waals surface area contributed by atoms with Crippen LogP contribution in [0.25, 0.3) is 0 Å². The molecule has 0 aliphatic rings. The molecule has 8 heteroatoms. The Balaban J connectivity index is 1.88. The average molecular weight is 408 g/mol. The van der Waals surface area contributed by atoms with Gasteiger partial charge in [0.2, 0.25) is 0 Å². The SMILES string of the molecule is O=C(NC[C@H](c1ccco1)S(=O)(=O)c1ccc(Cl)cc1)c1ccccc1F. The third kappa shape index (κ3) is 4.20. The Labute approximate surface area is 160 Å². The molecule has 0 radical (unpaired) electrons. The zero-order valence-electron chi connectivity index (χ0n) is 13.9. The summed E-state index contributed by atoms with van der Waals surface area (Å²) in [5, 5.41) is 1.69. The minimum absolute atomic E-state index is 0.0356. The smallest absolute Gasteiger partial charge is 0.254 e. The predicted octanol–water partition coefficient (Wildman–Crippen LogP) is 4.02. The fourth-order valence-corrected chi connectivity index (χ4v) is 4.26. The van der Waals surface area contributed by atoms with E-state index in [2.05, 4.69) is 5.32 Å². The van der Waals surface area contributed by atoms with E-state index in [0.717, 1.165) is 6.07 Å². The first-order valence-corrected chi connectivity index (χ1v) is 9.87. The van der Waals surface area contributed by atoms with Gasteiger partial charge in [0, 0.05) is 11.6 Å². The summed E-state index contributed by atoms with van der Waals surface area (Å²) in [7, 11) is -3.89. The highest BCUT2D eigenvalue weighted by Gasteiger charge is 2.32. The van der Waals surface area contributed by atoms with Gasteiger partial charge < -0.3 is 9.73 Å². The number of sulfone groups is 1. The second-order valence-electron chi connectivity index (χ2n) is 5.69. The normalized spacial score (nSPS) is 12.5. The van der Waals surface area contributed by atoms with E-state index in [4.69, 9.17) is 16.0 Å². The van der Waals surface area contributed by atoms with Crippen molar-refractivity contribution in [1.29, 1.82) is 0 Å². The van der Waals surface area contributed by atoms with E-state index in [9.17, 15) is 17.6 Å².